The average Bonchev–Trinajstić information content (AvgIpc) is 2.62. The minimum atomic E-state index is -0.326. The highest BCUT2D eigenvalue weighted by Gasteiger charge is 2.19. The molecular weight excluding hydrogens is 320 g/mol. The predicted octanol–water partition coefficient (Wildman–Crippen LogP) is 2.52. The SMILES string of the molecule is COc1ccccc1[C@@H](CNC(=O)Nc1cccnc1OC)N(C)C. The first kappa shape index (κ1) is 18.5. The van der Waals surface area contributed by atoms with Crippen molar-refractivity contribution in [3.8, 4) is 11.6 Å². The molecule has 0 aliphatic rings. The van der Waals surface area contributed by atoms with Gasteiger partial charge in [-0.3, -0.25) is 0 Å². The number of nitrogens with one attached hydrogen (secondary N) is 2. The largest absolute Gasteiger partial charge is 0.496 e. The number of anilines is 1. The third kappa shape index (κ3) is 4.84. The van der Waals surface area contributed by atoms with Gasteiger partial charge in [0.15, 0.2) is 0 Å². The zero-order valence-corrected chi connectivity index (χ0v) is 14.9. The van der Waals surface area contributed by atoms with E-state index >= 15 is 0 Å². The number of nitrogens with zero attached hydrogens (tertiary/aromatic N) is 2. The van der Waals surface area contributed by atoms with E-state index in [1.165, 1.54) is 7.11 Å². The predicted molar refractivity (Wildman–Crippen MR) is 97.2 cm³/mol. The molecule has 2 aromatic rings. The molecule has 0 spiro atoms. The fourth-order valence-electron chi connectivity index (χ4n) is 2.52. The molecule has 25 heavy (non-hydrogen) atoms. The smallest absolute Gasteiger partial charge is 0.319 e. The lowest BCUT2D eigenvalue weighted by Crippen LogP contribution is -2.37. The van der Waals surface area contributed by atoms with Crippen LogP contribution >= 0.6 is 0 Å². The molecule has 0 saturated heterocycles. The topological polar surface area (TPSA) is 75.7 Å². The molecule has 1 atom stereocenters. The highest BCUT2D eigenvalue weighted by Crippen LogP contribution is 2.27. The van der Waals surface area contributed by atoms with Gasteiger partial charge < -0.3 is 25.0 Å². The highest BCUT2D eigenvalue weighted by atomic mass is 16.5. The van der Waals surface area contributed by atoms with Crippen molar-refractivity contribution in [1.29, 1.82) is 0 Å². The van der Waals surface area contributed by atoms with Gasteiger partial charge in [0, 0.05) is 18.3 Å². The van der Waals surface area contributed by atoms with Crippen LogP contribution in [0.4, 0.5) is 10.5 Å². The summed E-state index contributed by atoms with van der Waals surface area (Å²) in [7, 11) is 7.07. The number of para-hydroxylation sites is 1. The lowest BCUT2D eigenvalue weighted by molar-refractivity contribution is 0.242. The molecule has 1 aromatic heterocycles. The van der Waals surface area contributed by atoms with Crippen LogP contribution in [0.5, 0.6) is 11.6 Å². The van der Waals surface area contributed by atoms with Gasteiger partial charge in [-0.15, -0.1) is 0 Å². The van der Waals surface area contributed by atoms with Crippen LogP contribution in [0.2, 0.25) is 0 Å². The van der Waals surface area contributed by atoms with E-state index in [4.69, 9.17) is 9.47 Å². The summed E-state index contributed by atoms with van der Waals surface area (Å²) in [5.74, 6) is 1.16. The van der Waals surface area contributed by atoms with Crippen LogP contribution < -0.4 is 20.1 Å². The van der Waals surface area contributed by atoms with Crippen molar-refractivity contribution in [2.75, 3.05) is 40.2 Å². The summed E-state index contributed by atoms with van der Waals surface area (Å²) in [6.45, 7) is 0.418. The van der Waals surface area contributed by atoms with Gasteiger partial charge in [0.25, 0.3) is 0 Å². The van der Waals surface area contributed by atoms with Crippen LogP contribution in [0, 0.1) is 0 Å². The number of ether oxygens (including phenoxy) is 2. The van der Waals surface area contributed by atoms with Crippen molar-refractivity contribution >= 4 is 11.7 Å². The van der Waals surface area contributed by atoms with Gasteiger partial charge in [0.1, 0.15) is 11.4 Å². The number of benzene rings is 1. The minimum absolute atomic E-state index is 0.0299. The summed E-state index contributed by atoms with van der Waals surface area (Å²) < 4.78 is 10.6. The second kappa shape index (κ2) is 8.89. The molecule has 0 fully saturated rings. The van der Waals surface area contributed by atoms with E-state index in [0.29, 0.717) is 18.1 Å². The van der Waals surface area contributed by atoms with E-state index in [0.717, 1.165) is 11.3 Å². The molecule has 2 N–H and O–H groups in total. The van der Waals surface area contributed by atoms with Gasteiger partial charge in [0.2, 0.25) is 5.88 Å². The van der Waals surface area contributed by atoms with Crippen molar-refractivity contribution in [3.63, 3.8) is 0 Å². The summed E-state index contributed by atoms with van der Waals surface area (Å²) in [5, 5.41) is 5.63. The van der Waals surface area contributed by atoms with Gasteiger partial charge in [-0.1, -0.05) is 18.2 Å². The molecule has 7 heteroatoms. The van der Waals surface area contributed by atoms with Gasteiger partial charge in [-0.05, 0) is 32.3 Å². The molecule has 1 heterocycles. The number of hydrogen-bond donors (Lipinski definition) is 2. The molecule has 2 amide bonds. The minimum Gasteiger partial charge on any atom is -0.496 e. The number of aromatic nitrogens is 1. The number of hydrogen-bond acceptors (Lipinski definition) is 5. The molecule has 0 aliphatic heterocycles. The van der Waals surface area contributed by atoms with Crippen molar-refractivity contribution in [2.24, 2.45) is 0 Å². The van der Waals surface area contributed by atoms with Crippen molar-refractivity contribution in [1.82, 2.24) is 15.2 Å². The van der Waals surface area contributed by atoms with Crippen LogP contribution in [0.3, 0.4) is 0 Å². The van der Waals surface area contributed by atoms with Crippen LogP contribution in [0.1, 0.15) is 11.6 Å². The third-order valence-corrected chi connectivity index (χ3v) is 3.79. The van der Waals surface area contributed by atoms with Crippen LogP contribution in [0.25, 0.3) is 0 Å². The zero-order valence-electron chi connectivity index (χ0n) is 14.9. The Kier molecular flexibility index (Phi) is 6.59. The Hall–Kier alpha value is -2.80. The number of methoxy groups -OCH3 is 2. The molecule has 7 nitrogen and oxygen atoms in total. The van der Waals surface area contributed by atoms with Crippen molar-refractivity contribution in [3.05, 3.63) is 48.2 Å². The lowest BCUT2D eigenvalue weighted by atomic mass is 10.0. The number of urea groups is 1. The van der Waals surface area contributed by atoms with Gasteiger partial charge >= 0.3 is 6.03 Å². The summed E-state index contributed by atoms with van der Waals surface area (Å²) in [6, 6.07) is 10.9. The van der Waals surface area contributed by atoms with E-state index in [9.17, 15) is 4.79 Å². The second-order valence-corrected chi connectivity index (χ2v) is 5.62. The maximum atomic E-state index is 12.2. The monoisotopic (exact) mass is 344 g/mol. The fourth-order valence-corrected chi connectivity index (χ4v) is 2.52. The summed E-state index contributed by atoms with van der Waals surface area (Å²) in [5.41, 5.74) is 1.52. The maximum Gasteiger partial charge on any atom is 0.319 e. The number of pyridine rings is 1. The lowest BCUT2D eigenvalue weighted by Gasteiger charge is -2.26. The molecule has 2 rings (SSSR count). The van der Waals surface area contributed by atoms with Crippen LogP contribution in [-0.2, 0) is 0 Å². The van der Waals surface area contributed by atoms with Crippen molar-refractivity contribution in [2.45, 2.75) is 6.04 Å². The van der Waals surface area contributed by atoms with Gasteiger partial charge in [0.05, 0.1) is 20.3 Å². The van der Waals surface area contributed by atoms with Gasteiger partial charge in [-0.25, -0.2) is 9.78 Å². The Morgan fingerprint density at radius 3 is 2.60 bits per heavy atom. The number of carbonyl (C=O) groups excluding carboxylic acids is 1. The average molecular weight is 344 g/mol. The fraction of sp³-hybridized carbons (Fsp3) is 0.333. The highest BCUT2D eigenvalue weighted by molar-refractivity contribution is 5.90. The molecule has 134 valence electrons. The number of carbonyl (C=O) groups is 1. The first-order chi connectivity index (χ1) is 12.1. The Labute approximate surface area is 148 Å². The van der Waals surface area contributed by atoms with Crippen LogP contribution in [0.15, 0.2) is 42.6 Å². The van der Waals surface area contributed by atoms with E-state index in [2.05, 4.69) is 15.6 Å². The van der Waals surface area contributed by atoms with E-state index in [-0.39, 0.29) is 12.1 Å². The Morgan fingerprint density at radius 2 is 1.92 bits per heavy atom. The summed E-state index contributed by atoms with van der Waals surface area (Å²) in [6.07, 6.45) is 1.60. The first-order valence-corrected chi connectivity index (χ1v) is 7.90. The normalized spacial score (nSPS) is 11.7. The van der Waals surface area contributed by atoms with Crippen LogP contribution in [-0.4, -0.2) is 50.8 Å². The van der Waals surface area contributed by atoms with E-state index in [1.807, 2.05) is 43.3 Å². The quantitative estimate of drug-likeness (QED) is 0.807. The first-order valence-electron chi connectivity index (χ1n) is 7.90. The number of rotatable bonds is 7. The maximum absolute atomic E-state index is 12.2. The van der Waals surface area contributed by atoms with Crippen molar-refractivity contribution < 1.29 is 14.3 Å². The zero-order chi connectivity index (χ0) is 18.2. The molecule has 0 aliphatic carbocycles. The molecular formula is C18H24N4O3. The number of likely N-dealkylation sites (N-methyl/N-ethyl adjacent to an activating group) is 1. The van der Waals surface area contributed by atoms with E-state index < -0.39 is 0 Å². The standard InChI is InChI=1S/C18H24N4O3/c1-22(2)15(13-8-5-6-10-16(13)24-3)12-20-18(23)21-14-9-7-11-19-17(14)25-4/h5-11,15H,12H2,1-4H3,(H2,20,21,23)/t15-/m1/s1. The van der Waals surface area contributed by atoms with Gasteiger partial charge in [-0.2, -0.15) is 0 Å². The molecule has 0 radical (unpaired) electrons. The summed E-state index contributed by atoms with van der Waals surface area (Å²) in [4.78, 5) is 18.3. The Bertz CT molecular complexity index is 706. The third-order valence-electron chi connectivity index (χ3n) is 3.79. The molecule has 1 aromatic carbocycles. The number of amides is 2. The van der Waals surface area contributed by atoms with E-state index in [1.54, 1.807) is 25.4 Å². The molecule has 0 unspecified atom stereocenters. The summed E-state index contributed by atoms with van der Waals surface area (Å²) >= 11 is 0. The molecule has 0 saturated carbocycles. The molecule has 0 bridgehead atoms. The second-order valence-electron chi connectivity index (χ2n) is 5.62. The Morgan fingerprint density at radius 1 is 1.16 bits per heavy atom. The Balaban J connectivity index is 2.05.